The second-order valence-corrected chi connectivity index (χ2v) is 8.00. The van der Waals surface area contributed by atoms with Crippen molar-refractivity contribution in [3.05, 3.63) is 59.7 Å². The monoisotopic (exact) mass is 410 g/mol. The number of aromatic nitrogens is 4. The van der Waals surface area contributed by atoms with E-state index in [0.717, 1.165) is 5.69 Å². The van der Waals surface area contributed by atoms with Gasteiger partial charge in [0.05, 0.1) is 5.02 Å². The first-order valence-electron chi connectivity index (χ1n) is 8.94. The zero-order valence-electron chi connectivity index (χ0n) is 16.1. The number of urea groups is 1. The highest BCUT2D eigenvalue weighted by Crippen LogP contribution is 2.24. The normalized spacial score (nSPS) is 11.6. The molecule has 3 aromatic heterocycles. The number of imidazole rings is 1. The Balaban J connectivity index is 1.45. The van der Waals surface area contributed by atoms with Gasteiger partial charge in [-0.1, -0.05) is 37.5 Å². The van der Waals surface area contributed by atoms with Crippen molar-refractivity contribution < 1.29 is 9.32 Å². The Hall–Kier alpha value is -3.39. The highest BCUT2D eigenvalue weighted by Gasteiger charge is 2.20. The van der Waals surface area contributed by atoms with Gasteiger partial charge >= 0.3 is 6.03 Å². The fraction of sp³-hybridized carbons (Fsp3) is 0.200. The van der Waals surface area contributed by atoms with Crippen molar-refractivity contribution in [3.8, 4) is 5.69 Å². The van der Waals surface area contributed by atoms with Crippen LogP contribution in [0.15, 0.2) is 53.4 Å². The second-order valence-electron chi connectivity index (χ2n) is 7.56. The third kappa shape index (κ3) is 4.07. The van der Waals surface area contributed by atoms with Crippen molar-refractivity contribution in [1.82, 2.24) is 19.7 Å². The molecule has 4 aromatic rings. The number of pyridine rings is 1. The average Bonchev–Trinajstić information content (AvgIpc) is 3.29. The zero-order chi connectivity index (χ0) is 20.6. The van der Waals surface area contributed by atoms with Gasteiger partial charge in [0.2, 0.25) is 0 Å². The van der Waals surface area contributed by atoms with Crippen LogP contribution in [0.1, 0.15) is 26.5 Å². The number of amides is 2. The predicted molar refractivity (Wildman–Crippen MR) is 112 cm³/mol. The third-order valence-electron chi connectivity index (χ3n) is 4.25. The molecule has 148 valence electrons. The van der Waals surface area contributed by atoms with E-state index in [1.807, 2.05) is 37.5 Å². The van der Waals surface area contributed by atoms with Gasteiger partial charge in [0.1, 0.15) is 17.6 Å². The lowest BCUT2D eigenvalue weighted by atomic mass is 9.93. The summed E-state index contributed by atoms with van der Waals surface area (Å²) in [6.45, 7) is 6.02. The molecule has 8 nitrogen and oxygen atoms in total. The lowest BCUT2D eigenvalue weighted by Crippen LogP contribution is -2.19. The summed E-state index contributed by atoms with van der Waals surface area (Å²) >= 11 is 5.96. The maximum absolute atomic E-state index is 12.2. The first kappa shape index (κ1) is 18.9. The van der Waals surface area contributed by atoms with Crippen LogP contribution in [-0.2, 0) is 5.41 Å². The molecule has 0 atom stereocenters. The van der Waals surface area contributed by atoms with Gasteiger partial charge in [-0.3, -0.25) is 9.88 Å². The Labute approximate surface area is 171 Å². The molecule has 0 saturated heterocycles. The Kier molecular flexibility index (Phi) is 4.71. The summed E-state index contributed by atoms with van der Waals surface area (Å²) in [6, 6.07) is 10.4. The molecule has 0 aliphatic heterocycles. The molecular formula is C20H19ClN6O2. The van der Waals surface area contributed by atoms with Crippen LogP contribution in [0.4, 0.5) is 16.3 Å². The maximum Gasteiger partial charge on any atom is 0.324 e. The number of hydrogen-bond acceptors (Lipinski definition) is 5. The van der Waals surface area contributed by atoms with Gasteiger partial charge in [0.15, 0.2) is 11.5 Å². The van der Waals surface area contributed by atoms with Crippen molar-refractivity contribution in [2.75, 3.05) is 10.6 Å². The molecule has 1 aromatic carbocycles. The third-order valence-corrected chi connectivity index (χ3v) is 4.46. The summed E-state index contributed by atoms with van der Waals surface area (Å²) < 4.78 is 7.11. The number of hydrogen-bond donors (Lipinski definition) is 2. The van der Waals surface area contributed by atoms with Crippen LogP contribution in [0, 0.1) is 0 Å². The summed E-state index contributed by atoms with van der Waals surface area (Å²) in [6.07, 6.45) is 3.26. The van der Waals surface area contributed by atoms with E-state index >= 15 is 0 Å². The lowest BCUT2D eigenvalue weighted by Gasteiger charge is -2.12. The lowest BCUT2D eigenvalue weighted by molar-refractivity contribution is 0.262. The van der Waals surface area contributed by atoms with Crippen LogP contribution >= 0.6 is 11.6 Å². The highest BCUT2D eigenvalue weighted by molar-refractivity contribution is 6.31. The summed E-state index contributed by atoms with van der Waals surface area (Å²) in [5.41, 5.74) is 2.72. The number of carbonyl (C=O) groups excluding carboxylic acids is 1. The molecule has 0 unspecified atom stereocenters. The first-order chi connectivity index (χ1) is 13.8. The maximum atomic E-state index is 12.2. The summed E-state index contributed by atoms with van der Waals surface area (Å²) in [4.78, 5) is 20.9. The molecule has 0 aliphatic carbocycles. The van der Waals surface area contributed by atoms with Crippen LogP contribution in [0.25, 0.3) is 16.9 Å². The summed E-state index contributed by atoms with van der Waals surface area (Å²) in [5, 5.41) is 9.84. The van der Waals surface area contributed by atoms with Crippen LogP contribution < -0.4 is 10.6 Å². The van der Waals surface area contributed by atoms with E-state index in [2.05, 4.69) is 25.8 Å². The molecule has 9 heteroatoms. The fourth-order valence-electron chi connectivity index (χ4n) is 2.74. The Bertz CT molecular complexity index is 1170. The van der Waals surface area contributed by atoms with Gasteiger partial charge in [-0.15, -0.1) is 0 Å². The van der Waals surface area contributed by atoms with Crippen molar-refractivity contribution >= 4 is 40.3 Å². The molecule has 0 aliphatic rings. The van der Waals surface area contributed by atoms with Crippen molar-refractivity contribution in [2.45, 2.75) is 26.2 Å². The SMILES string of the molecule is CC(C)(C)c1cc(NC(=O)Nc2ccc(-n3cnc4cc(Cl)cnc43)cc2)no1. The van der Waals surface area contributed by atoms with E-state index in [9.17, 15) is 4.79 Å². The van der Waals surface area contributed by atoms with Gasteiger partial charge in [0, 0.05) is 29.1 Å². The molecule has 0 fully saturated rings. The van der Waals surface area contributed by atoms with Crippen molar-refractivity contribution in [3.63, 3.8) is 0 Å². The molecule has 2 amide bonds. The van der Waals surface area contributed by atoms with E-state index in [1.165, 1.54) is 0 Å². The van der Waals surface area contributed by atoms with Gasteiger partial charge in [-0.25, -0.2) is 14.8 Å². The summed E-state index contributed by atoms with van der Waals surface area (Å²) in [5.74, 6) is 1.05. The second kappa shape index (κ2) is 7.21. The average molecular weight is 411 g/mol. The molecule has 0 saturated carbocycles. The first-order valence-corrected chi connectivity index (χ1v) is 9.32. The zero-order valence-corrected chi connectivity index (χ0v) is 16.9. The van der Waals surface area contributed by atoms with Gasteiger partial charge in [-0.2, -0.15) is 0 Å². The van der Waals surface area contributed by atoms with E-state index < -0.39 is 6.03 Å². The summed E-state index contributed by atoms with van der Waals surface area (Å²) in [7, 11) is 0. The van der Waals surface area contributed by atoms with Crippen LogP contribution in [0.5, 0.6) is 0 Å². The quantitative estimate of drug-likeness (QED) is 0.495. The Morgan fingerprint density at radius 3 is 2.55 bits per heavy atom. The molecule has 0 bridgehead atoms. The van der Waals surface area contributed by atoms with E-state index in [0.29, 0.717) is 33.5 Å². The highest BCUT2D eigenvalue weighted by atomic mass is 35.5. The topological polar surface area (TPSA) is 97.9 Å². The largest absolute Gasteiger partial charge is 0.359 e. The number of fused-ring (bicyclic) bond motifs is 1. The number of rotatable bonds is 3. The van der Waals surface area contributed by atoms with E-state index in [4.69, 9.17) is 16.1 Å². The number of benzene rings is 1. The molecule has 4 rings (SSSR count). The van der Waals surface area contributed by atoms with E-state index in [1.54, 1.807) is 36.8 Å². The minimum absolute atomic E-state index is 0.184. The number of anilines is 2. The minimum Gasteiger partial charge on any atom is -0.359 e. The molecule has 29 heavy (non-hydrogen) atoms. The van der Waals surface area contributed by atoms with Gasteiger partial charge in [-0.05, 0) is 30.3 Å². The number of nitrogens with one attached hydrogen (secondary N) is 2. The number of nitrogens with zero attached hydrogens (tertiary/aromatic N) is 4. The van der Waals surface area contributed by atoms with Crippen molar-refractivity contribution in [1.29, 1.82) is 0 Å². The molecule has 0 radical (unpaired) electrons. The molecule has 2 N–H and O–H groups in total. The molecular weight excluding hydrogens is 392 g/mol. The van der Waals surface area contributed by atoms with Crippen LogP contribution in [-0.4, -0.2) is 25.7 Å². The van der Waals surface area contributed by atoms with E-state index in [-0.39, 0.29) is 5.41 Å². The van der Waals surface area contributed by atoms with Crippen molar-refractivity contribution in [2.24, 2.45) is 0 Å². The van der Waals surface area contributed by atoms with Gasteiger partial charge in [0.25, 0.3) is 0 Å². The standard InChI is InChI=1S/C20H19ClN6O2/c1-20(2,3)16-9-17(26-29-16)25-19(28)24-13-4-6-14(7-5-13)27-11-23-15-8-12(21)10-22-18(15)27/h4-11H,1-3H3,(H2,24,25,26,28). The molecule has 3 heterocycles. The van der Waals surface area contributed by atoms with Crippen LogP contribution in [0.3, 0.4) is 0 Å². The Morgan fingerprint density at radius 2 is 1.86 bits per heavy atom. The smallest absolute Gasteiger partial charge is 0.324 e. The minimum atomic E-state index is -0.407. The van der Waals surface area contributed by atoms with Crippen LogP contribution in [0.2, 0.25) is 5.02 Å². The van der Waals surface area contributed by atoms with Gasteiger partial charge < -0.3 is 9.84 Å². The Morgan fingerprint density at radius 1 is 1.10 bits per heavy atom. The molecule has 0 spiro atoms. The number of carbonyl (C=O) groups is 1. The predicted octanol–water partition coefficient (Wildman–Crippen LogP) is 5.00. The number of halogens is 1. The fourth-order valence-corrected chi connectivity index (χ4v) is 2.89.